The van der Waals surface area contributed by atoms with E-state index in [1.54, 1.807) is 0 Å². The lowest BCUT2D eigenvalue weighted by Gasteiger charge is -2.45. The molecule has 10 N–H and O–H groups in total. The molecular formula is C28H32O17. The zero-order chi connectivity index (χ0) is 32.7. The number of phenolic OH excluding ortho intramolecular Hbond substituents is 3. The van der Waals surface area contributed by atoms with Crippen molar-refractivity contribution >= 4 is 11.0 Å². The van der Waals surface area contributed by atoms with Gasteiger partial charge in [-0.3, -0.25) is 4.79 Å². The second-order valence-electron chi connectivity index (χ2n) is 10.4. The van der Waals surface area contributed by atoms with Gasteiger partial charge in [0, 0.05) is 17.7 Å². The van der Waals surface area contributed by atoms with E-state index >= 15 is 0 Å². The van der Waals surface area contributed by atoms with Gasteiger partial charge in [-0.05, 0) is 18.2 Å². The predicted octanol–water partition coefficient (Wildman–Crippen LogP) is -2.41. The average Bonchev–Trinajstić information content (AvgIpc) is 3.02. The highest BCUT2D eigenvalue weighted by Gasteiger charge is 2.51. The molecule has 17 heteroatoms. The van der Waals surface area contributed by atoms with Gasteiger partial charge in [0.15, 0.2) is 40.8 Å². The summed E-state index contributed by atoms with van der Waals surface area (Å²) >= 11 is 0. The van der Waals surface area contributed by atoms with E-state index in [1.165, 1.54) is 25.3 Å². The number of benzene rings is 2. The molecule has 0 spiro atoms. The van der Waals surface area contributed by atoms with Gasteiger partial charge in [0.1, 0.15) is 59.5 Å². The minimum absolute atomic E-state index is 0.0292. The lowest BCUT2D eigenvalue weighted by molar-refractivity contribution is -0.358. The van der Waals surface area contributed by atoms with Gasteiger partial charge in [-0.2, -0.15) is 0 Å². The van der Waals surface area contributed by atoms with Crippen LogP contribution in [0.25, 0.3) is 22.3 Å². The molecule has 3 heterocycles. The Kier molecular flexibility index (Phi) is 9.38. The van der Waals surface area contributed by atoms with Crippen molar-refractivity contribution in [3.05, 3.63) is 40.6 Å². The van der Waals surface area contributed by atoms with E-state index in [2.05, 4.69) is 0 Å². The van der Waals surface area contributed by atoms with Gasteiger partial charge in [0.25, 0.3) is 0 Å². The molecule has 2 saturated heterocycles. The van der Waals surface area contributed by atoms with Crippen LogP contribution in [-0.2, 0) is 14.2 Å². The Morgan fingerprint density at radius 3 is 2.04 bits per heavy atom. The van der Waals surface area contributed by atoms with E-state index in [9.17, 15) is 55.9 Å². The van der Waals surface area contributed by atoms with E-state index in [-0.39, 0.29) is 22.8 Å². The predicted molar refractivity (Wildman–Crippen MR) is 146 cm³/mol. The number of fused-ring (bicyclic) bond motifs is 1. The molecule has 2 aliphatic heterocycles. The van der Waals surface area contributed by atoms with Crippen LogP contribution < -0.4 is 14.9 Å². The second-order valence-corrected chi connectivity index (χ2v) is 10.4. The Hall–Kier alpha value is -3.75. The molecule has 0 bridgehead atoms. The zero-order valence-electron chi connectivity index (χ0n) is 23.4. The van der Waals surface area contributed by atoms with Crippen LogP contribution in [0.2, 0.25) is 0 Å². The molecule has 5 rings (SSSR count). The monoisotopic (exact) mass is 640 g/mol. The summed E-state index contributed by atoms with van der Waals surface area (Å²) in [7, 11) is 1.32. The first-order chi connectivity index (χ1) is 21.4. The summed E-state index contributed by atoms with van der Waals surface area (Å²) in [5.41, 5.74) is -0.768. The fraction of sp³-hybridized carbons (Fsp3) is 0.464. The summed E-state index contributed by atoms with van der Waals surface area (Å²) in [4.78, 5) is 13.0. The molecule has 10 atom stereocenters. The molecule has 3 aromatic rings. The Morgan fingerprint density at radius 1 is 0.756 bits per heavy atom. The minimum Gasteiger partial charge on any atom is -0.504 e. The number of methoxy groups -OCH3 is 1. The van der Waals surface area contributed by atoms with Gasteiger partial charge in [-0.25, -0.2) is 0 Å². The maximum Gasteiger partial charge on any atom is 0.229 e. The molecule has 17 nitrogen and oxygen atoms in total. The highest BCUT2D eigenvalue weighted by Crippen LogP contribution is 2.43. The Bertz CT molecular complexity index is 1570. The van der Waals surface area contributed by atoms with Gasteiger partial charge in [0.2, 0.25) is 12.0 Å². The lowest BCUT2D eigenvalue weighted by atomic mass is 9.97. The first-order valence-electron chi connectivity index (χ1n) is 13.5. The molecule has 0 unspecified atom stereocenters. The van der Waals surface area contributed by atoms with Crippen LogP contribution in [0.1, 0.15) is 0 Å². The maximum atomic E-state index is 13.0. The van der Waals surface area contributed by atoms with Gasteiger partial charge in [-0.1, -0.05) is 0 Å². The molecule has 2 aliphatic rings. The van der Waals surface area contributed by atoms with E-state index < -0.39 is 103 Å². The van der Waals surface area contributed by atoms with E-state index in [0.29, 0.717) is 5.56 Å². The Morgan fingerprint density at radius 2 is 1.40 bits per heavy atom. The maximum absolute atomic E-state index is 13.0. The van der Waals surface area contributed by atoms with Gasteiger partial charge in [0.05, 0.1) is 20.3 Å². The van der Waals surface area contributed by atoms with Gasteiger partial charge in [-0.15, -0.1) is 0 Å². The fourth-order valence-corrected chi connectivity index (χ4v) is 5.09. The molecule has 2 aromatic carbocycles. The van der Waals surface area contributed by atoms with Crippen LogP contribution in [0.15, 0.2) is 39.5 Å². The molecule has 1 aromatic heterocycles. The number of hydrogen-bond acceptors (Lipinski definition) is 17. The largest absolute Gasteiger partial charge is 0.504 e. The van der Waals surface area contributed by atoms with Crippen LogP contribution in [0.5, 0.6) is 28.7 Å². The standard InChI is InChI=1S/C28H32O17/c1-40-13-4-9(2-3-10(13)31)12-5-11(32)18-14(41-12)6-15(19(33)22(18)36)42-28-26(24(38)21(35)17(8-30)44-28)45-27-25(39)23(37)20(34)16(7-29)43-27/h2-6,16-17,20-21,23-31,33-39H,7-8H2,1H3/t16-,17+,20+,21+,23-,24+,25+,26+,27-,28-/m1/s1. The first kappa shape index (κ1) is 32.6. The van der Waals surface area contributed by atoms with Gasteiger partial charge < -0.3 is 79.2 Å². The van der Waals surface area contributed by atoms with Crippen molar-refractivity contribution in [1.82, 2.24) is 0 Å². The van der Waals surface area contributed by atoms with Crippen molar-refractivity contribution in [2.45, 2.75) is 61.4 Å². The molecule has 45 heavy (non-hydrogen) atoms. The second kappa shape index (κ2) is 12.9. The molecule has 246 valence electrons. The molecule has 0 amide bonds. The summed E-state index contributed by atoms with van der Waals surface area (Å²) < 4.78 is 33.0. The molecule has 2 fully saturated rings. The van der Waals surface area contributed by atoms with Crippen LogP contribution >= 0.6 is 0 Å². The van der Waals surface area contributed by atoms with Crippen molar-refractivity contribution < 1.29 is 79.2 Å². The summed E-state index contributed by atoms with van der Waals surface area (Å²) in [5.74, 6) is -2.64. The van der Waals surface area contributed by atoms with Crippen molar-refractivity contribution in [2.75, 3.05) is 20.3 Å². The van der Waals surface area contributed by atoms with Crippen molar-refractivity contribution in [2.24, 2.45) is 0 Å². The van der Waals surface area contributed by atoms with E-state index in [0.717, 1.165) is 12.1 Å². The van der Waals surface area contributed by atoms with Crippen LogP contribution in [0.4, 0.5) is 0 Å². The quantitative estimate of drug-likeness (QED) is 0.115. The van der Waals surface area contributed by atoms with Gasteiger partial charge >= 0.3 is 0 Å². The van der Waals surface area contributed by atoms with Crippen molar-refractivity contribution in [1.29, 1.82) is 0 Å². The molecule has 0 aliphatic carbocycles. The minimum atomic E-state index is -1.92. The number of aromatic hydroxyl groups is 3. The summed E-state index contributed by atoms with van der Waals surface area (Å²) in [5, 5.41) is 102. The smallest absolute Gasteiger partial charge is 0.229 e. The number of ether oxygens (including phenoxy) is 5. The highest BCUT2D eigenvalue weighted by atomic mass is 16.8. The topological polar surface area (TPSA) is 279 Å². The normalized spacial score (nSPS) is 32.0. The summed E-state index contributed by atoms with van der Waals surface area (Å²) in [6.45, 7) is -1.62. The Balaban J connectivity index is 1.52. The van der Waals surface area contributed by atoms with Crippen LogP contribution in [-0.4, -0.2) is 133 Å². The molecule has 0 radical (unpaired) electrons. The third-order valence-corrected chi connectivity index (χ3v) is 7.60. The number of hydrogen-bond donors (Lipinski definition) is 10. The third-order valence-electron chi connectivity index (χ3n) is 7.60. The Labute approximate surface area is 252 Å². The zero-order valence-corrected chi connectivity index (χ0v) is 23.4. The lowest BCUT2D eigenvalue weighted by Crippen LogP contribution is -2.65. The number of aliphatic hydroxyl groups is 7. The van der Waals surface area contributed by atoms with Crippen molar-refractivity contribution in [3.8, 4) is 40.1 Å². The number of rotatable bonds is 8. The highest BCUT2D eigenvalue weighted by molar-refractivity contribution is 5.89. The van der Waals surface area contributed by atoms with Crippen LogP contribution in [0.3, 0.4) is 0 Å². The van der Waals surface area contributed by atoms with Crippen molar-refractivity contribution in [3.63, 3.8) is 0 Å². The SMILES string of the molecule is COc1cc(-c2cc(=O)c3c(O)c(O)c(O[C@@H]4O[C@@H](CO)[C@H](O)[C@H](O)[C@@H]4O[C@H]4O[C@H](CO)[C@H](O)[C@@H](O)[C@@H]4O)cc3o2)ccc1O. The number of phenols is 3. The molecular weight excluding hydrogens is 608 g/mol. The third kappa shape index (κ3) is 5.98. The first-order valence-corrected chi connectivity index (χ1v) is 13.5. The van der Waals surface area contributed by atoms with E-state index in [4.69, 9.17) is 28.1 Å². The number of aliphatic hydroxyl groups excluding tert-OH is 7. The molecule has 0 saturated carbocycles. The summed E-state index contributed by atoms with van der Waals surface area (Å²) in [6.07, 6.45) is -17.5. The summed E-state index contributed by atoms with van der Waals surface area (Å²) in [6, 6.07) is 6.15. The fourth-order valence-electron chi connectivity index (χ4n) is 5.09. The van der Waals surface area contributed by atoms with Crippen LogP contribution in [0, 0.1) is 0 Å². The van der Waals surface area contributed by atoms with E-state index in [1.807, 2.05) is 0 Å². The average molecular weight is 641 g/mol.